The molecule has 1 heterocycles. The van der Waals surface area contributed by atoms with Crippen LogP contribution in [0.2, 0.25) is 0 Å². The van der Waals surface area contributed by atoms with E-state index in [1.54, 1.807) is 0 Å². The molecule has 1 aliphatic carbocycles. The van der Waals surface area contributed by atoms with E-state index < -0.39 is 0 Å². The van der Waals surface area contributed by atoms with Crippen LogP contribution in [0.4, 0.5) is 5.69 Å². The van der Waals surface area contributed by atoms with Gasteiger partial charge in [-0.05, 0) is 43.9 Å². The first-order valence-corrected chi connectivity index (χ1v) is 7.70. The second-order valence-electron chi connectivity index (χ2n) is 5.69. The number of hydrogen-bond acceptors (Lipinski definition) is 4. The molecule has 1 saturated carbocycles. The van der Waals surface area contributed by atoms with Gasteiger partial charge in [-0.2, -0.15) is 0 Å². The van der Waals surface area contributed by atoms with Gasteiger partial charge in [-0.25, -0.2) is 0 Å². The van der Waals surface area contributed by atoms with Gasteiger partial charge >= 0.3 is 0 Å². The first kappa shape index (κ1) is 13.7. The smallest absolute Gasteiger partial charge is 0.142 e. The molecule has 0 radical (unpaired) electrons. The molecule has 0 aromatic heterocycles. The maximum absolute atomic E-state index is 5.94. The Kier molecular flexibility index (Phi) is 4.77. The van der Waals surface area contributed by atoms with Crippen LogP contribution in [0.3, 0.4) is 0 Å². The Labute approximate surface area is 120 Å². The highest BCUT2D eigenvalue weighted by molar-refractivity contribution is 5.57. The molecule has 4 heteroatoms. The molecule has 110 valence electrons. The van der Waals surface area contributed by atoms with E-state index in [4.69, 9.17) is 9.47 Å². The van der Waals surface area contributed by atoms with Crippen molar-refractivity contribution in [1.29, 1.82) is 0 Å². The minimum atomic E-state index is 0.206. The maximum atomic E-state index is 5.94. The Bertz CT molecular complexity index is 421. The fourth-order valence-electron chi connectivity index (χ4n) is 2.37. The molecule has 0 saturated heterocycles. The molecule has 1 aliphatic heterocycles. The molecule has 2 N–H and O–H groups in total. The van der Waals surface area contributed by atoms with E-state index in [1.807, 2.05) is 18.2 Å². The quantitative estimate of drug-likeness (QED) is 0.715. The summed E-state index contributed by atoms with van der Waals surface area (Å²) in [7, 11) is 0. The van der Waals surface area contributed by atoms with E-state index >= 15 is 0 Å². The predicted octanol–water partition coefficient (Wildman–Crippen LogP) is 2.27. The lowest BCUT2D eigenvalue weighted by atomic mass is 10.2. The lowest BCUT2D eigenvalue weighted by Crippen LogP contribution is -2.39. The third-order valence-electron chi connectivity index (χ3n) is 3.77. The van der Waals surface area contributed by atoms with E-state index in [1.165, 1.54) is 12.8 Å². The average Bonchev–Trinajstić information content (AvgIpc) is 3.30. The van der Waals surface area contributed by atoms with E-state index in [-0.39, 0.29) is 6.10 Å². The molecule has 3 rings (SSSR count). The first-order chi connectivity index (χ1) is 9.92. The summed E-state index contributed by atoms with van der Waals surface area (Å²) in [6.07, 6.45) is 4.01. The van der Waals surface area contributed by atoms with Crippen LogP contribution in [0.25, 0.3) is 0 Å². The fraction of sp³-hybridized carbons (Fsp3) is 0.625. The Morgan fingerprint density at radius 3 is 3.10 bits per heavy atom. The van der Waals surface area contributed by atoms with Crippen molar-refractivity contribution in [2.24, 2.45) is 5.92 Å². The molecule has 0 spiro atoms. The highest BCUT2D eigenvalue weighted by Gasteiger charge is 2.21. The predicted molar refractivity (Wildman–Crippen MR) is 80.4 cm³/mol. The highest BCUT2D eigenvalue weighted by atomic mass is 16.5. The average molecular weight is 276 g/mol. The largest absolute Gasteiger partial charge is 0.485 e. The summed E-state index contributed by atoms with van der Waals surface area (Å²) < 4.78 is 11.6. The van der Waals surface area contributed by atoms with Gasteiger partial charge in [0, 0.05) is 19.8 Å². The van der Waals surface area contributed by atoms with Crippen LogP contribution in [-0.4, -0.2) is 39.0 Å². The molecule has 1 fully saturated rings. The summed E-state index contributed by atoms with van der Waals surface area (Å²) in [6.45, 7) is 4.57. The molecular weight excluding hydrogens is 252 g/mol. The Morgan fingerprint density at radius 1 is 1.30 bits per heavy atom. The number of rotatable bonds is 8. The zero-order valence-corrected chi connectivity index (χ0v) is 11.9. The monoisotopic (exact) mass is 276 g/mol. The van der Waals surface area contributed by atoms with Crippen molar-refractivity contribution in [3.05, 3.63) is 24.3 Å². The van der Waals surface area contributed by atoms with Gasteiger partial charge in [0.05, 0.1) is 12.2 Å². The van der Waals surface area contributed by atoms with Crippen molar-refractivity contribution in [1.82, 2.24) is 5.32 Å². The molecule has 1 unspecified atom stereocenters. The lowest BCUT2D eigenvalue weighted by molar-refractivity contribution is 0.121. The maximum Gasteiger partial charge on any atom is 0.142 e. The zero-order chi connectivity index (χ0) is 13.6. The number of para-hydroxylation sites is 2. The number of fused-ring (bicyclic) bond motifs is 1. The zero-order valence-electron chi connectivity index (χ0n) is 11.9. The minimum absolute atomic E-state index is 0.206. The van der Waals surface area contributed by atoms with Crippen molar-refractivity contribution in [2.75, 3.05) is 38.2 Å². The number of nitrogens with one attached hydrogen (secondary N) is 2. The molecule has 0 amide bonds. The lowest BCUT2D eigenvalue weighted by Gasteiger charge is -2.27. The second-order valence-corrected chi connectivity index (χ2v) is 5.69. The van der Waals surface area contributed by atoms with Crippen LogP contribution in [0.15, 0.2) is 24.3 Å². The summed E-state index contributed by atoms with van der Waals surface area (Å²) in [5.41, 5.74) is 1.09. The topological polar surface area (TPSA) is 42.5 Å². The highest BCUT2D eigenvalue weighted by Crippen LogP contribution is 2.29. The summed E-state index contributed by atoms with van der Waals surface area (Å²) in [5, 5.41) is 6.85. The summed E-state index contributed by atoms with van der Waals surface area (Å²) in [4.78, 5) is 0. The molecule has 1 atom stereocenters. The standard InChI is InChI=1S/C16H24N2O2/c1-2-5-16-15(4-1)18-11-14(20-16)10-17-8-3-9-19-12-13-6-7-13/h1-2,4-5,13-14,17-18H,3,6-12H2. The molecule has 20 heavy (non-hydrogen) atoms. The van der Waals surface area contributed by atoms with Crippen LogP contribution in [0.5, 0.6) is 5.75 Å². The van der Waals surface area contributed by atoms with Crippen molar-refractivity contribution < 1.29 is 9.47 Å². The van der Waals surface area contributed by atoms with Gasteiger partial charge < -0.3 is 20.1 Å². The minimum Gasteiger partial charge on any atom is -0.485 e. The van der Waals surface area contributed by atoms with Crippen LogP contribution in [-0.2, 0) is 4.74 Å². The SMILES string of the molecule is c1ccc2c(c1)NCC(CNCCCOCC1CC1)O2. The Hall–Kier alpha value is -1.26. The van der Waals surface area contributed by atoms with Crippen molar-refractivity contribution in [2.45, 2.75) is 25.4 Å². The normalized spacial score (nSPS) is 20.9. The third kappa shape index (κ3) is 4.12. The Balaban J connectivity index is 1.26. The molecule has 0 bridgehead atoms. The van der Waals surface area contributed by atoms with Gasteiger partial charge in [0.15, 0.2) is 0 Å². The van der Waals surface area contributed by atoms with E-state index in [0.717, 1.165) is 56.6 Å². The van der Waals surface area contributed by atoms with Gasteiger partial charge in [-0.1, -0.05) is 12.1 Å². The van der Waals surface area contributed by atoms with Crippen LogP contribution >= 0.6 is 0 Å². The number of ether oxygens (including phenoxy) is 2. The third-order valence-corrected chi connectivity index (χ3v) is 3.77. The molecule has 2 aliphatic rings. The Morgan fingerprint density at radius 2 is 2.20 bits per heavy atom. The second kappa shape index (κ2) is 6.95. The van der Waals surface area contributed by atoms with Gasteiger partial charge in [-0.3, -0.25) is 0 Å². The van der Waals surface area contributed by atoms with Gasteiger partial charge in [-0.15, -0.1) is 0 Å². The molecule has 4 nitrogen and oxygen atoms in total. The molecule has 1 aromatic rings. The van der Waals surface area contributed by atoms with Crippen LogP contribution in [0.1, 0.15) is 19.3 Å². The summed E-state index contributed by atoms with van der Waals surface area (Å²) in [6, 6.07) is 8.10. The number of benzene rings is 1. The molecule has 1 aromatic carbocycles. The summed E-state index contributed by atoms with van der Waals surface area (Å²) >= 11 is 0. The number of hydrogen-bond donors (Lipinski definition) is 2. The van der Waals surface area contributed by atoms with Crippen molar-refractivity contribution in [3.8, 4) is 5.75 Å². The van der Waals surface area contributed by atoms with Crippen LogP contribution < -0.4 is 15.4 Å². The first-order valence-electron chi connectivity index (χ1n) is 7.70. The van der Waals surface area contributed by atoms with Crippen LogP contribution in [0, 0.1) is 5.92 Å². The van der Waals surface area contributed by atoms with E-state index in [0.29, 0.717) is 0 Å². The van der Waals surface area contributed by atoms with E-state index in [2.05, 4.69) is 16.7 Å². The van der Waals surface area contributed by atoms with Crippen molar-refractivity contribution >= 4 is 5.69 Å². The molecular formula is C16H24N2O2. The van der Waals surface area contributed by atoms with Gasteiger partial charge in [0.25, 0.3) is 0 Å². The van der Waals surface area contributed by atoms with E-state index in [9.17, 15) is 0 Å². The summed E-state index contributed by atoms with van der Waals surface area (Å²) in [5.74, 6) is 1.82. The number of anilines is 1. The van der Waals surface area contributed by atoms with Gasteiger partial charge in [0.2, 0.25) is 0 Å². The van der Waals surface area contributed by atoms with Gasteiger partial charge in [0.1, 0.15) is 11.9 Å². The van der Waals surface area contributed by atoms with Crippen molar-refractivity contribution in [3.63, 3.8) is 0 Å². The fourth-order valence-corrected chi connectivity index (χ4v) is 2.37.